The minimum atomic E-state index is -0.365. The van der Waals surface area contributed by atoms with Gasteiger partial charge in [0.1, 0.15) is 12.2 Å². The molecule has 1 heterocycles. The van der Waals surface area contributed by atoms with Gasteiger partial charge >= 0.3 is 0 Å². The van der Waals surface area contributed by atoms with E-state index in [1.807, 2.05) is 25.2 Å². The molecule has 0 unspecified atom stereocenters. The highest BCUT2D eigenvalue weighted by molar-refractivity contribution is 5.88. The lowest BCUT2D eigenvalue weighted by atomic mass is 9.77. The van der Waals surface area contributed by atoms with Crippen molar-refractivity contribution in [2.24, 2.45) is 0 Å². The van der Waals surface area contributed by atoms with Crippen molar-refractivity contribution >= 4 is 5.91 Å². The van der Waals surface area contributed by atoms with Crippen molar-refractivity contribution in [2.75, 3.05) is 7.05 Å². The summed E-state index contributed by atoms with van der Waals surface area (Å²) < 4.78 is 0. The van der Waals surface area contributed by atoms with Crippen molar-refractivity contribution < 1.29 is 4.79 Å². The molecule has 1 aliphatic carbocycles. The van der Waals surface area contributed by atoms with E-state index in [1.165, 1.54) is 6.33 Å². The molecule has 5 heteroatoms. The highest BCUT2D eigenvalue weighted by Crippen LogP contribution is 2.42. The molecule has 110 valence electrons. The lowest BCUT2D eigenvalue weighted by molar-refractivity contribution is -0.136. The fourth-order valence-corrected chi connectivity index (χ4v) is 3.33. The number of benzene rings is 1. The normalized spacial score (nSPS) is 16.8. The van der Waals surface area contributed by atoms with Crippen LogP contribution in [-0.2, 0) is 16.8 Å². The average Bonchev–Trinajstić information content (AvgIpc) is 3.19. The van der Waals surface area contributed by atoms with Gasteiger partial charge in [0.25, 0.3) is 0 Å². The molecule has 0 aliphatic heterocycles. The van der Waals surface area contributed by atoms with Crippen LogP contribution in [-0.4, -0.2) is 33.0 Å². The van der Waals surface area contributed by atoms with Gasteiger partial charge in [0.2, 0.25) is 5.91 Å². The predicted octanol–water partition coefficient (Wildman–Crippen LogP) is 2.28. The number of aromatic nitrogens is 3. The van der Waals surface area contributed by atoms with Crippen molar-refractivity contribution in [3.8, 4) is 0 Å². The summed E-state index contributed by atoms with van der Waals surface area (Å²) in [6.45, 7) is 0.466. The first-order valence-electron chi connectivity index (χ1n) is 7.38. The maximum absolute atomic E-state index is 13.1. The second kappa shape index (κ2) is 5.68. The summed E-state index contributed by atoms with van der Waals surface area (Å²) in [6.07, 6.45) is 5.54. The number of nitrogens with one attached hydrogen (secondary N) is 1. The first-order valence-corrected chi connectivity index (χ1v) is 7.38. The fourth-order valence-electron chi connectivity index (χ4n) is 3.33. The van der Waals surface area contributed by atoms with E-state index in [1.54, 1.807) is 4.90 Å². The Kier molecular flexibility index (Phi) is 3.73. The largest absolute Gasteiger partial charge is 0.337 e. The molecule has 1 saturated carbocycles. The molecule has 1 aromatic carbocycles. The molecule has 21 heavy (non-hydrogen) atoms. The lowest BCUT2D eigenvalue weighted by Crippen LogP contribution is -2.43. The van der Waals surface area contributed by atoms with E-state index in [4.69, 9.17) is 0 Å². The molecule has 1 aliphatic rings. The minimum absolute atomic E-state index is 0.183. The van der Waals surface area contributed by atoms with E-state index in [0.29, 0.717) is 12.4 Å². The number of likely N-dealkylation sites (N-methyl/N-ethyl adjacent to an activating group) is 1. The average molecular weight is 284 g/mol. The van der Waals surface area contributed by atoms with E-state index >= 15 is 0 Å². The maximum atomic E-state index is 13.1. The Hall–Kier alpha value is -2.17. The Balaban J connectivity index is 1.85. The number of hydrogen-bond donors (Lipinski definition) is 1. The van der Waals surface area contributed by atoms with Crippen molar-refractivity contribution in [3.63, 3.8) is 0 Å². The van der Waals surface area contributed by atoms with Crippen molar-refractivity contribution in [3.05, 3.63) is 48.0 Å². The third-order valence-electron chi connectivity index (χ3n) is 4.39. The van der Waals surface area contributed by atoms with Gasteiger partial charge in [-0.2, -0.15) is 5.10 Å². The fraction of sp³-hybridized carbons (Fsp3) is 0.438. The van der Waals surface area contributed by atoms with Gasteiger partial charge in [0, 0.05) is 7.05 Å². The molecule has 1 amide bonds. The third-order valence-corrected chi connectivity index (χ3v) is 4.39. The molecule has 0 atom stereocenters. The van der Waals surface area contributed by atoms with Gasteiger partial charge in [0.05, 0.1) is 12.0 Å². The molecule has 3 rings (SSSR count). The van der Waals surface area contributed by atoms with Crippen molar-refractivity contribution in [1.29, 1.82) is 0 Å². The van der Waals surface area contributed by atoms with Gasteiger partial charge in [-0.3, -0.25) is 9.89 Å². The van der Waals surface area contributed by atoms with Crippen LogP contribution in [0.25, 0.3) is 0 Å². The zero-order valence-electron chi connectivity index (χ0n) is 12.2. The highest BCUT2D eigenvalue weighted by atomic mass is 16.2. The first-order chi connectivity index (χ1) is 10.2. The van der Waals surface area contributed by atoms with Crippen LogP contribution >= 0.6 is 0 Å². The Morgan fingerprint density at radius 1 is 1.29 bits per heavy atom. The second-order valence-electron chi connectivity index (χ2n) is 5.75. The summed E-state index contributed by atoms with van der Waals surface area (Å²) in [6, 6.07) is 10.2. The Labute approximate surface area is 124 Å². The molecular formula is C16H20N4O. The summed E-state index contributed by atoms with van der Waals surface area (Å²) in [7, 11) is 1.84. The Morgan fingerprint density at radius 3 is 2.62 bits per heavy atom. The highest BCUT2D eigenvalue weighted by Gasteiger charge is 2.44. The quantitative estimate of drug-likeness (QED) is 0.937. The number of nitrogens with zero attached hydrogens (tertiary/aromatic N) is 3. The molecule has 1 aromatic heterocycles. The maximum Gasteiger partial charge on any atom is 0.233 e. The third kappa shape index (κ3) is 2.55. The molecule has 5 nitrogen and oxygen atoms in total. The molecule has 0 saturated heterocycles. The monoisotopic (exact) mass is 284 g/mol. The standard InChI is InChI=1S/C16H20N4O/c1-20(11-14-17-12-18-19-14)15(21)16(9-5-6-10-16)13-7-3-2-4-8-13/h2-4,7-8,12H,5-6,9-11H2,1H3,(H,17,18,19). The minimum Gasteiger partial charge on any atom is -0.337 e. The molecule has 1 N–H and O–H groups in total. The topological polar surface area (TPSA) is 61.9 Å². The van der Waals surface area contributed by atoms with E-state index in [-0.39, 0.29) is 11.3 Å². The summed E-state index contributed by atoms with van der Waals surface area (Å²) in [5, 5.41) is 6.64. The summed E-state index contributed by atoms with van der Waals surface area (Å²) in [5.74, 6) is 0.898. The Morgan fingerprint density at radius 2 is 2.00 bits per heavy atom. The SMILES string of the molecule is CN(Cc1ncn[nH]1)C(=O)C1(c2ccccc2)CCCC1. The van der Waals surface area contributed by atoms with Gasteiger partial charge in [-0.05, 0) is 18.4 Å². The van der Waals surface area contributed by atoms with E-state index in [9.17, 15) is 4.79 Å². The lowest BCUT2D eigenvalue weighted by Gasteiger charge is -2.32. The zero-order chi connectivity index (χ0) is 14.7. The van der Waals surface area contributed by atoms with Crippen LogP contribution in [0.2, 0.25) is 0 Å². The number of rotatable bonds is 4. The van der Waals surface area contributed by atoms with Crippen LogP contribution in [0, 0.1) is 0 Å². The zero-order valence-corrected chi connectivity index (χ0v) is 12.2. The van der Waals surface area contributed by atoms with Crippen LogP contribution in [0.15, 0.2) is 36.7 Å². The van der Waals surface area contributed by atoms with Crippen LogP contribution in [0.5, 0.6) is 0 Å². The number of carbonyl (C=O) groups excluding carboxylic acids is 1. The molecule has 0 radical (unpaired) electrons. The summed E-state index contributed by atoms with van der Waals surface area (Å²) >= 11 is 0. The first kappa shape index (κ1) is 13.8. The molecule has 2 aromatic rings. The van der Waals surface area contributed by atoms with Gasteiger partial charge < -0.3 is 4.90 Å². The van der Waals surface area contributed by atoms with Crippen molar-refractivity contribution in [2.45, 2.75) is 37.6 Å². The molecule has 0 spiro atoms. The second-order valence-corrected chi connectivity index (χ2v) is 5.75. The van der Waals surface area contributed by atoms with Crippen molar-refractivity contribution in [1.82, 2.24) is 20.1 Å². The molecule has 0 bridgehead atoms. The number of H-pyrrole nitrogens is 1. The van der Waals surface area contributed by atoms with Gasteiger partial charge in [-0.1, -0.05) is 43.2 Å². The predicted molar refractivity (Wildman–Crippen MR) is 79.4 cm³/mol. The Bertz CT molecular complexity index is 588. The van der Waals surface area contributed by atoms with Crippen LogP contribution in [0.4, 0.5) is 0 Å². The van der Waals surface area contributed by atoms with Crippen LogP contribution in [0.3, 0.4) is 0 Å². The molecular weight excluding hydrogens is 264 g/mol. The summed E-state index contributed by atoms with van der Waals surface area (Å²) in [5.41, 5.74) is 0.771. The van der Waals surface area contributed by atoms with Gasteiger partial charge in [0.15, 0.2) is 0 Å². The van der Waals surface area contributed by atoms with E-state index in [0.717, 1.165) is 31.2 Å². The summed E-state index contributed by atoms with van der Waals surface area (Å²) in [4.78, 5) is 18.9. The number of carbonyl (C=O) groups is 1. The number of hydrogen-bond acceptors (Lipinski definition) is 3. The number of aromatic amines is 1. The molecule has 1 fully saturated rings. The van der Waals surface area contributed by atoms with E-state index < -0.39 is 0 Å². The van der Waals surface area contributed by atoms with E-state index in [2.05, 4.69) is 27.3 Å². The van der Waals surface area contributed by atoms with Gasteiger partial charge in [-0.15, -0.1) is 0 Å². The van der Waals surface area contributed by atoms with Crippen LogP contribution in [0.1, 0.15) is 37.1 Å². The smallest absolute Gasteiger partial charge is 0.233 e. The van der Waals surface area contributed by atoms with Gasteiger partial charge in [-0.25, -0.2) is 4.98 Å². The van der Waals surface area contributed by atoms with Crippen LogP contribution < -0.4 is 0 Å². The number of amides is 1.